The van der Waals surface area contributed by atoms with Crippen molar-refractivity contribution in [3.63, 3.8) is 0 Å². The normalized spacial score (nSPS) is 19.8. The summed E-state index contributed by atoms with van der Waals surface area (Å²) in [5.41, 5.74) is 1.38. The average Bonchev–Trinajstić information content (AvgIpc) is 3.11. The molecule has 30 heavy (non-hydrogen) atoms. The first-order valence-corrected chi connectivity index (χ1v) is 12.3. The molecule has 0 amide bonds. The molecule has 0 saturated carbocycles. The number of sulfonamides is 1. The predicted octanol–water partition coefficient (Wildman–Crippen LogP) is 4.55. The van der Waals surface area contributed by atoms with Gasteiger partial charge in [0.15, 0.2) is 0 Å². The van der Waals surface area contributed by atoms with Crippen LogP contribution in [-0.2, 0) is 10.0 Å². The number of anilines is 2. The molecule has 0 unspecified atom stereocenters. The molecule has 1 saturated heterocycles. The highest BCUT2D eigenvalue weighted by Gasteiger charge is 2.24. The van der Waals surface area contributed by atoms with Crippen LogP contribution in [-0.4, -0.2) is 40.7 Å². The third-order valence-electron chi connectivity index (χ3n) is 5.07. The predicted molar refractivity (Wildman–Crippen MR) is 125 cm³/mol. The van der Waals surface area contributed by atoms with Crippen molar-refractivity contribution >= 4 is 54.4 Å². The van der Waals surface area contributed by atoms with Gasteiger partial charge in [-0.25, -0.2) is 8.42 Å². The number of hydrogen-bond donors (Lipinski definition) is 2. The van der Waals surface area contributed by atoms with E-state index in [9.17, 15) is 8.42 Å². The van der Waals surface area contributed by atoms with E-state index in [4.69, 9.17) is 16.3 Å². The number of thiophene rings is 1. The molecular formula is C21H24ClN3O3S2. The molecule has 1 fully saturated rings. The van der Waals surface area contributed by atoms with Gasteiger partial charge in [-0.05, 0) is 61.7 Å². The summed E-state index contributed by atoms with van der Waals surface area (Å²) in [7, 11) is -2.24. The van der Waals surface area contributed by atoms with E-state index in [0.717, 1.165) is 28.9 Å². The molecule has 3 aromatic rings. The zero-order valence-corrected chi connectivity index (χ0v) is 19.4. The van der Waals surface area contributed by atoms with Gasteiger partial charge in [-0.1, -0.05) is 11.6 Å². The van der Waals surface area contributed by atoms with Crippen molar-refractivity contribution in [3.05, 3.63) is 47.5 Å². The summed E-state index contributed by atoms with van der Waals surface area (Å²) in [6, 6.07) is 13.3. The Hall–Kier alpha value is -2.00. The van der Waals surface area contributed by atoms with Gasteiger partial charge in [0, 0.05) is 40.6 Å². The van der Waals surface area contributed by atoms with Crippen LogP contribution in [0, 0.1) is 0 Å². The number of nitrogens with one attached hydrogen (secondary N) is 2. The number of piperazine rings is 1. The van der Waals surface area contributed by atoms with E-state index >= 15 is 0 Å². The fourth-order valence-corrected chi connectivity index (χ4v) is 6.45. The van der Waals surface area contributed by atoms with Crippen molar-refractivity contribution in [3.8, 4) is 5.75 Å². The van der Waals surface area contributed by atoms with E-state index in [2.05, 4.69) is 28.8 Å². The lowest BCUT2D eigenvalue weighted by Crippen LogP contribution is -2.54. The van der Waals surface area contributed by atoms with Crippen LogP contribution in [0.25, 0.3) is 10.1 Å². The van der Waals surface area contributed by atoms with Gasteiger partial charge in [-0.3, -0.25) is 4.72 Å². The Morgan fingerprint density at radius 3 is 2.57 bits per heavy atom. The summed E-state index contributed by atoms with van der Waals surface area (Å²) in [6.07, 6.45) is 0. The minimum absolute atomic E-state index is 0.233. The van der Waals surface area contributed by atoms with Crippen molar-refractivity contribution in [2.45, 2.75) is 30.1 Å². The SMILES string of the molecule is COc1ccc(N2C[C@@H](C)N[C@@H](C)C2)cc1NS(=O)(=O)c1cc2cc(Cl)ccc2s1. The summed E-state index contributed by atoms with van der Waals surface area (Å²) in [6.45, 7) is 5.98. The Morgan fingerprint density at radius 2 is 1.87 bits per heavy atom. The molecule has 0 bridgehead atoms. The summed E-state index contributed by atoms with van der Waals surface area (Å²) in [4.78, 5) is 2.25. The molecule has 2 atom stereocenters. The van der Waals surface area contributed by atoms with Gasteiger partial charge < -0.3 is 15.0 Å². The van der Waals surface area contributed by atoms with E-state index in [1.54, 1.807) is 24.3 Å². The minimum Gasteiger partial charge on any atom is -0.495 e. The van der Waals surface area contributed by atoms with E-state index < -0.39 is 10.0 Å². The zero-order chi connectivity index (χ0) is 21.5. The highest BCUT2D eigenvalue weighted by Crippen LogP contribution is 2.35. The summed E-state index contributed by atoms with van der Waals surface area (Å²) in [5, 5.41) is 4.88. The van der Waals surface area contributed by atoms with Crippen molar-refractivity contribution in [1.82, 2.24) is 5.32 Å². The molecule has 9 heteroatoms. The number of fused-ring (bicyclic) bond motifs is 1. The zero-order valence-electron chi connectivity index (χ0n) is 17.0. The van der Waals surface area contributed by atoms with Gasteiger partial charge in [-0.2, -0.15) is 0 Å². The number of nitrogens with zero attached hydrogens (tertiary/aromatic N) is 1. The fourth-order valence-electron chi connectivity index (χ4n) is 3.83. The third-order valence-corrected chi connectivity index (χ3v) is 8.26. The molecule has 1 aliphatic rings. The molecule has 0 radical (unpaired) electrons. The van der Waals surface area contributed by atoms with Crippen LogP contribution in [0.3, 0.4) is 0 Å². The largest absolute Gasteiger partial charge is 0.495 e. The van der Waals surface area contributed by atoms with Gasteiger partial charge in [0.1, 0.15) is 9.96 Å². The number of methoxy groups -OCH3 is 1. The minimum atomic E-state index is -3.78. The Bertz CT molecular complexity index is 1170. The van der Waals surface area contributed by atoms with Crippen LogP contribution in [0.1, 0.15) is 13.8 Å². The molecule has 2 heterocycles. The first kappa shape index (κ1) is 21.2. The number of hydrogen-bond acceptors (Lipinski definition) is 6. The van der Waals surface area contributed by atoms with Crippen LogP contribution >= 0.6 is 22.9 Å². The molecule has 0 aliphatic carbocycles. The molecule has 1 aromatic heterocycles. The first-order valence-electron chi connectivity index (χ1n) is 9.66. The van der Waals surface area contributed by atoms with E-state index in [1.807, 2.05) is 18.2 Å². The van der Waals surface area contributed by atoms with Crippen molar-refractivity contribution in [2.75, 3.05) is 29.8 Å². The number of rotatable bonds is 5. The molecule has 0 spiro atoms. The van der Waals surface area contributed by atoms with Crippen LogP contribution < -0.4 is 19.7 Å². The molecule has 1 aliphatic heterocycles. The van der Waals surface area contributed by atoms with Gasteiger partial charge >= 0.3 is 0 Å². The molecule has 2 aromatic carbocycles. The van der Waals surface area contributed by atoms with Gasteiger partial charge in [0.2, 0.25) is 0 Å². The lowest BCUT2D eigenvalue weighted by Gasteiger charge is -2.38. The molecule has 4 rings (SSSR count). The molecule has 2 N–H and O–H groups in total. The van der Waals surface area contributed by atoms with Crippen molar-refractivity contribution < 1.29 is 13.2 Å². The van der Waals surface area contributed by atoms with Crippen LogP contribution in [0.5, 0.6) is 5.75 Å². The van der Waals surface area contributed by atoms with E-state index in [1.165, 1.54) is 18.4 Å². The van der Waals surface area contributed by atoms with Crippen molar-refractivity contribution in [2.24, 2.45) is 0 Å². The summed E-state index contributed by atoms with van der Waals surface area (Å²) < 4.78 is 35.4. The summed E-state index contributed by atoms with van der Waals surface area (Å²) in [5.74, 6) is 0.475. The monoisotopic (exact) mass is 465 g/mol. The second-order valence-electron chi connectivity index (χ2n) is 7.61. The summed E-state index contributed by atoms with van der Waals surface area (Å²) >= 11 is 7.25. The second kappa shape index (κ2) is 8.26. The molecule has 160 valence electrons. The number of halogens is 1. The third kappa shape index (κ3) is 4.37. The smallest absolute Gasteiger partial charge is 0.271 e. The van der Waals surface area contributed by atoms with Crippen LogP contribution in [0.4, 0.5) is 11.4 Å². The quantitative estimate of drug-likeness (QED) is 0.578. The standard InChI is InChI=1S/C21H24ClN3O3S2/c1-13-11-25(12-14(2)23-13)17-5-6-19(28-3)18(10-17)24-30(26,27)21-9-15-8-16(22)4-7-20(15)29-21/h4-10,13-14,23-24H,11-12H2,1-3H3/t13-,14+. The second-order valence-corrected chi connectivity index (χ2v) is 11.0. The van der Waals surface area contributed by atoms with Crippen molar-refractivity contribution in [1.29, 1.82) is 0 Å². The fraction of sp³-hybridized carbons (Fsp3) is 0.333. The number of ether oxygens (including phenoxy) is 1. The van der Waals surface area contributed by atoms with Gasteiger partial charge in [0.05, 0.1) is 12.8 Å². The lowest BCUT2D eigenvalue weighted by molar-refractivity contribution is 0.406. The van der Waals surface area contributed by atoms with Crippen LogP contribution in [0.15, 0.2) is 46.7 Å². The molecule has 6 nitrogen and oxygen atoms in total. The molecular weight excluding hydrogens is 442 g/mol. The van der Waals surface area contributed by atoms with E-state index in [0.29, 0.717) is 28.5 Å². The topological polar surface area (TPSA) is 70.7 Å². The Kier molecular flexibility index (Phi) is 5.85. The van der Waals surface area contributed by atoms with E-state index in [-0.39, 0.29) is 4.21 Å². The van der Waals surface area contributed by atoms with Gasteiger partial charge in [-0.15, -0.1) is 11.3 Å². The highest BCUT2D eigenvalue weighted by molar-refractivity contribution is 7.94. The highest BCUT2D eigenvalue weighted by atomic mass is 35.5. The van der Waals surface area contributed by atoms with Gasteiger partial charge in [0.25, 0.3) is 10.0 Å². The Balaban J connectivity index is 1.66. The maximum atomic E-state index is 13.1. The average molecular weight is 466 g/mol. The van der Waals surface area contributed by atoms with Crippen LogP contribution in [0.2, 0.25) is 5.02 Å². The lowest BCUT2D eigenvalue weighted by atomic mass is 10.1. The first-order chi connectivity index (χ1) is 14.2. The maximum Gasteiger partial charge on any atom is 0.271 e. The maximum absolute atomic E-state index is 13.1. The number of benzene rings is 2. The Morgan fingerprint density at radius 1 is 1.13 bits per heavy atom. The Labute approximate surface area is 185 Å².